The van der Waals surface area contributed by atoms with E-state index < -0.39 is 10.0 Å². The Bertz CT molecular complexity index is 709. The van der Waals surface area contributed by atoms with Crippen LogP contribution in [0.4, 0.5) is 11.4 Å². The number of anilines is 2. The maximum atomic E-state index is 11.4. The van der Waals surface area contributed by atoms with Crippen molar-refractivity contribution in [3.05, 3.63) is 59.7 Å². The average Bonchev–Trinajstić information content (AvgIpc) is 2.40. The first kappa shape index (κ1) is 15.4. The molecule has 2 N–H and O–H groups in total. The molecule has 0 aliphatic rings. The number of sulfonamides is 1. The third kappa shape index (κ3) is 4.49. The highest BCUT2D eigenvalue weighted by Crippen LogP contribution is 2.26. The van der Waals surface area contributed by atoms with Gasteiger partial charge in [-0.15, -0.1) is 0 Å². The highest BCUT2D eigenvalue weighted by Gasteiger charge is 2.10. The lowest BCUT2D eigenvalue weighted by atomic mass is 10.1. The van der Waals surface area contributed by atoms with E-state index in [1.165, 1.54) is 5.56 Å². The summed E-state index contributed by atoms with van der Waals surface area (Å²) in [5, 5.41) is 3.34. The fourth-order valence-electron chi connectivity index (χ4n) is 2.07. The number of rotatable bonds is 5. The van der Waals surface area contributed by atoms with Crippen LogP contribution in [0, 0.1) is 6.92 Å². The van der Waals surface area contributed by atoms with E-state index in [1.807, 2.05) is 26.0 Å². The summed E-state index contributed by atoms with van der Waals surface area (Å²) in [5.74, 6) is 0. The van der Waals surface area contributed by atoms with E-state index in [4.69, 9.17) is 0 Å². The first-order valence-corrected chi connectivity index (χ1v) is 8.64. The zero-order chi connectivity index (χ0) is 15.5. The van der Waals surface area contributed by atoms with Crippen LogP contribution in [0.15, 0.2) is 48.5 Å². The summed E-state index contributed by atoms with van der Waals surface area (Å²) in [7, 11) is -3.30. The van der Waals surface area contributed by atoms with E-state index >= 15 is 0 Å². The lowest BCUT2D eigenvalue weighted by Crippen LogP contribution is -2.13. The molecule has 0 amide bonds. The Morgan fingerprint density at radius 3 is 2.10 bits per heavy atom. The summed E-state index contributed by atoms with van der Waals surface area (Å²) < 4.78 is 25.3. The van der Waals surface area contributed by atoms with Crippen molar-refractivity contribution in [1.82, 2.24) is 0 Å². The molecule has 2 rings (SSSR count). The van der Waals surface area contributed by atoms with E-state index in [2.05, 4.69) is 34.3 Å². The average molecular weight is 304 g/mol. The molecule has 0 bridgehead atoms. The summed E-state index contributed by atoms with van der Waals surface area (Å²) >= 11 is 0. The van der Waals surface area contributed by atoms with E-state index in [1.54, 1.807) is 12.1 Å². The SMILES string of the molecule is Cc1ccc(C(C)Nc2ccccc2NS(C)(=O)=O)cc1. The smallest absolute Gasteiger partial charge is 0.229 e. The third-order valence-corrected chi connectivity index (χ3v) is 3.76. The molecule has 0 fully saturated rings. The minimum Gasteiger partial charge on any atom is -0.377 e. The van der Waals surface area contributed by atoms with Gasteiger partial charge in [0.2, 0.25) is 10.0 Å². The molecule has 0 aliphatic carbocycles. The van der Waals surface area contributed by atoms with Crippen LogP contribution in [-0.4, -0.2) is 14.7 Å². The van der Waals surface area contributed by atoms with Crippen LogP contribution in [0.2, 0.25) is 0 Å². The predicted molar refractivity (Wildman–Crippen MR) is 88.1 cm³/mol. The molecule has 0 aliphatic heterocycles. The first-order chi connectivity index (χ1) is 9.85. The maximum absolute atomic E-state index is 11.4. The molecule has 0 aromatic heterocycles. The Morgan fingerprint density at radius 2 is 1.52 bits per heavy atom. The molecule has 1 unspecified atom stereocenters. The van der Waals surface area contributed by atoms with E-state index in [0.29, 0.717) is 5.69 Å². The Morgan fingerprint density at radius 1 is 0.952 bits per heavy atom. The Kier molecular flexibility index (Phi) is 4.53. The van der Waals surface area contributed by atoms with Crippen molar-refractivity contribution in [1.29, 1.82) is 0 Å². The van der Waals surface area contributed by atoms with E-state index in [0.717, 1.165) is 17.5 Å². The van der Waals surface area contributed by atoms with Crippen molar-refractivity contribution in [2.24, 2.45) is 0 Å². The molecular formula is C16H20N2O2S. The van der Waals surface area contributed by atoms with Gasteiger partial charge in [-0.2, -0.15) is 0 Å². The molecule has 4 nitrogen and oxygen atoms in total. The molecule has 2 aromatic carbocycles. The second-order valence-electron chi connectivity index (χ2n) is 5.20. The van der Waals surface area contributed by atoms with Gasteiger partial charge < -0.3 is 5.32 Å². The molecular weight excluding hydrogens is 284 g/mol. The molecule has 0 heterocycles. The quantitative estimate of drug-likeness (QED) is 0.888. The van der Waals surface area contributed by atoms with Crippen LogP contribution < -0.4 is 10.0 Å². The summed E-state index contributed by atoms with van der Waals surface area (Å²) in [5.41, 5.74) is 3.68. The van der Waals surface area contributed by atoms with Gasteiger partial charge in [-0.25, -0.2) is 8.42 Å². The largest absolute Gasteiger partial charge is 0.377 e. The van der Waals surface area contributed by atoms with Crippen molar-refractivity contribution in [3.8, 4) is 0 Å². The third-order valence-electron chi connectivity index (χ3n) is 3.17. The van der Waals surface area contributed by atoms with E-state index in [-0.39, 0.29) is 6.04 Å². The number of hydrogen-bond donors (Lipinski definition) is 2. The molecule has 5 heteroatoms. The molecule has 0 saturated heterocycles. The zero-order valence-electron chi connectivity index (χ0n) is 12.4. The van der Waals surface area contributed by atoms with Crippen LogP contribution >= 0.6 is 0 Å². The van der Waals surface area contributed by atoms with Gasteiger partial charge in [0.25, 0.3) is 0 Å². The molecule has 1 atom stereocenters. The van der Waals surface area contributed by atoms with Crippen LogP contribution in [0.3, 0.4) is 0 Å². The minimum atomic E-state index is -3.30. The van der Waals surface area contributed by atoms with Gasteiger partial charge in [0.1, 0.15) is 0 Å². The van der Waals surface area contributed by atoms with Crippen molar-refractivity contribution < 1.29 is 8.42 Å². The van der Waals surface area contributed by atoms with Crippen molar-refractivity contribution in [2.75, 3.05) is 16.3 Å². The summed E-state index contributed by atoms with van der Waals surface area (Å²) in [6, 6.07) is 15.6. The van der Waals surface area contributed by atoms with Crippen LogP contribution in [0.1, 0.15) is 24.1 Å². The van der Waals surface area contributed by atoms with E-state index in [9.17, 15) is 8.42 Å². The highest BCUT2D eigenvalue weighted by molar-refractivity contribution is 7.92. The standard InChI is InChI=1S/C16H20N2O2S/c1-12-8-10-14(11-9-12)13(2)17-15-6-4-5-7-16(15)18-21(3,19)20/h4-11,13,17-18H,1-3H3. The monoisotopic (exact) mass is 304 g/mol. The number of aryl methyl sites for hydroxylation is 1. The summed E-state index contributed by atoms with van der Waals surface area (Å²) in [4.78, 5) is 0. The first-order valence-electron chi connectivity index (χ1n) is 6.75. The van der Waals surface area contributed by atoms with Crippen molar-refractivity contribution in [3.63, 3.8) is 0 Å². The molecule has 112 valence electrons. The summed E-state index contributed by atoms with van der Waals surface area (Å²) in [6.45, 7) is 4.09. The van der Waals surface area contributed by atoms with Crippen LogP contribution in [-0.2, 0) is 10.0 Å². The predicted octanol–water partition coefficient (Wildman–Crippen LogP) is 3.54. The lowest BCUT2D eigenvalue weighted by molar-refractivity contribution is 0.607. The van der Waals surface area contributed by atoms with Crippen molar-refractivity contribution >= 4 is 21.4 Å². The minimum absolute atomic E-state index is 0.0770. The maximum Gasteiger partial charge on any atom is 0.229 e. The molecule has 2 aromatic rings. The Hall–Kier alpha value is -2.01. The molecule has 0 saturated carbocycles. The fourth-order valence-corrected chi connectivity index (χ4v) is 2.65. The normalized spacial score (nSPS) is 12.7. The second-order valence-corrected chi connectivity index (χ2v) is 6.94. The van der Waals surface area contributed by atoms with Gasteiger partial charge in [0.15, 0.2) is 0 Å². The summed E-state index contributed by atoms with van der Waals surface area (Å²) in [6.07, 6.45) is 1.15. The van der Waals surface area contributed by atoms with Crippen molar-refractivity contribution in [2.45, 2.75) is 19.9 Å². The highest BCUT2D eigenvalue weighted by atomic mass is 32.2. The van der Waals surface area contributed by atoms with Crippen LogP contribution in [0.25, 0.3) is 0 Å². The molecule has 0 spiro atoms. The lowest BCUT2D eigenvalue weighted by Gasteiger charge is -2.19. The fraction of sp³-hybridized carbons (Fsp3) is 0.250. The van der Waals surface area contributed by atoms with Gasteiger partial charge >= 0.3 is 0 Å². The van der Waals surface area contributed by atoms with Gasteiger partial charge in [-0.05, 0) is 31.5 Å². The van der Waals surface area contributed by atoms with Crippen LogP contribution in [0.5, 0.6) is 0 Å². The topological polar surface area (TPSA) is 58.2 Å². The molecule has 21 heavy (non-hydrogen) atoms. The number of benzene rings is 2. The molecule has 0 radical (unpaired) electrons. The second kappa shape index (κ2) is 6.18. The number of para-hydroxylation sites is 2. The van der Waals surface area contributed by atoms with Gasteiger partial charge in [0.05, 0.1) is 17.6 Å². The van der Waals surface area contributed by atoms with Gasteiger partial charge in [0, 0.05) is 6.04 Å². The number of hydrogen-bond acceptors (Lipinski definition) is 3. The number of nitrogens with one attached hydrogen (secondary N) is 2. The van der Waals surface area contributed by atoms with Gasteiger partial charge in [-0.1, -0.05) is 42.0 Å². The Balaban J connectivity index is 2.21. The van der Waals surface area contributed by atoms with Gasteiger partial charge in [-0.3, -0.25) is 4.72 Å². The Labute approximate surface area is 126 Å². The zero-order valence-corrected chi connectivity index (χ0v) is 13.2.